The maximum Gasteiger partial charge on any atom is 0.141 e. The topological polar surface area (TPSA) is 29.6 Å². The Morgan fingerprint density at radius 1 is 1.78 bits per heavy atom. The van der Waals surface area contributed by atoms with Gasteiger partial charge in [-0.1, -0.05) is 6.92 Å². The van der Waals surface area contributed by atoms with Crippen LogP contribution in [0.4, 0.5) is 0 Å². The Labute approximate surface area is 54.2 Å². The van der Waals surface area contributed by atoms with Gasteiger partial charge in [0.1, 0.15) is 5.78 Å². The fraction of sp³-hybridized carbons (Fsp3) is 0.857. The minimum Gasteiger partial charge on any atom is -0.372 e. The fourth-order valence-corrected chi connectivity index (χ4v) is 1.38. The molecule has 1 saturated heterocycles. The monoisotopic (exact) mass is 126 g/mol. The third-order valence-corrected chi connectivity index (χ3v) is 2.55. The van der Waals surface area contributed by atoms with Gasteiger partial charge in [0.2, 0.25) is 0 Å². The number of hydrogen-bond donors (Lipinski definition) is 0. The van der Waals surface area contributed by atoms with E-state index in [0.29, 0.717) is 5.78 Å². The Kier molecular flexibility index (Phi) is 0.826. The summed E-state index contributed by atoms with van der Waals surface area (Å²) in [6.45, 7) is 2.82. The van der Waals surface area contributed by atoms with Crippen LogP contribution in [0.25, 0.3) is 0 Å². The molecule has 0 N–H and O–H groups in total. The standard InChI is InChI=1S/C7H10O2/c1-7(6-4-9-6)3-2-5(7)8/h6H,2-4H2,1H3/t6-,7-/m1/s1. The molecule has 0 aromatic rings. The van der Waals surface area contributed by atoms with Crippen molar-refractivity contribution in [3.8, 4) is 0 Å². The molecular formula is C7H10O2. The van der Waals surface area contributed by atoms with Gasteiger partial charge in [-0.3, -0.25) is 4.79 Å². The van der Waals surface area contributed by atoms with E-state index in [1.54, 1.807) is 0 Å². The van der Waals surface area contributed by atoms with Crippen LogP contribution in [-0.2, 0) is 9.53 Å². The van der Waals surface area contributed by atoms with E-state index in [4.69, 9.17) is 4.74 Å². The van der Waals surface area contributed by atoms with Gasteiger partial charge in [0, 0.05) is 6.42 Å². The molecule has 0 radical (unpaired) electrons. The molecule has 1 heterocycles. The molecule has 1 saturated carbocycles. The van der Waals surface area contributed by atoms with Crippen LogP contribution >= 0.6 is 0 Å². The molecule has 2 nitrogen and oxygen atoms in total. The van der Waals surface area contributed by atoms with Crippen LogP contribution in [0.15, 0.2) is 0 Å². The minimum atomic E-state index is -0.0694. The van der Waals surface area contributed by atoms with E-state index in [1.807, 2.05) is 6.92 Å². The SMILES string of the molecule is C[C@@]1([C@H]2CO2)CCC1=O. The highest BCUT2D eigenvalue weighted by atomic mass is 16.6. The summed E-state index contributed by atoms with van der Waals surface area (Å²) < 4.78 is 5.06. The molecule has 0 unspecified atom stereocenters. The van der Waals surface area contributed by atoms with Crippen molar-refractivity contribution in [3.63, 3.8) is 0 Å². The fourth-order valence-electron chi connectivity index (χ4n) is 1.38. The number of hydrogen-bond acceptors (Lipinski definition) is 2. The second kappa shape index (κ2) is 1.37. The van der Waals surface area contributed by atoms with Crippen LogP contribution in [0.2, 0.25) is 0 Å². The highest BCUT2D eigenvalue weighted by molar-refractivity contribution is 5.90. The smallest absolute Gasteiger partial charge is 0.141 e. The van der Waals surface area contributed by atoms with Gasteiger partial charge in [0.25, 0.3) is 0 Å². The van der Waals surface area contributed by atoms with Gasteiger partial charge in [-0.25, -0.2) is 0 Å². The quantitative estimate of drug-likeness (QED) is 0.485. The predicted octanol–water partition coefficient (Wildman–Crippen LogP) is 0.754. The van der Waals surface area contributed by atoms with Crippen LogP contribution < -0.4 is 0 Å². The van der Waals surface area contributed by atoms with Crippen molar-refractivity contribution < 1.29 is 9.53 Å². The normalized spacial score (nSPS) is 48.6. The predicted molar refractivity (Wildman–Crippen MR) is 32.1 cm³/mol. The molecule has 2 atom stereocenters. The first-order valence-electron chi connectivity index (χ1n) is 3.38. The third-order valence-electron chi connectivity index (χ3n) is 2.55. The zero-order valence-electron chi connectivity index (χ0n) is 5.52. The Morgan fingerprint density at radius 3 is 2.56 bits per heavy atom. The van der Waals surface area contributed by atoms with Crippen molar-refractivity contribution in [2.75, 3.05) is 6.61 Å². The molecule has 0 amide bonds. The van der Waals surface area contributed by atoms with E-state index in [1.165, 1.54) is 0 Å². The number of epoxide rings is 1. The van der Waals surface area contributed by atoms with Crippen LogP contribution in [0.1, 0.15) is 19.8 Å². The number of carbonyl (C=O) groups excluding carboxylic acids is 1. The molecule has 2 fully saturated rings. The average Bonchev–Trinajstić information content (AvgIpc) is 2.64. The molecule has 0 aromatic carbocycles. The first-order chi connectivity index (χ1) is 4.23. The molecule has 0 bridgehead atoms. The summed E-state index contributed by atoms with van der Waals surface area (Å²) in [7, 11) is 0. The minimum absolute atomic E-state index is 0.0694. The molecule has 1 aliphatic carbocycles. The van der Waals surface area contributed by atoms with Gasteiger partial charge in [0.05, 0.1) is 18.1 Å². The lowest BCUT2D eigenvalue weighted by Crippen LogP contribution is -2.42. The van der Waals surface area contributed by atoms with Gasteiger partial charge in [-0.05, 0) is 6.42 Å². The Bertz CT molecular complexity index is 160. The highest BCUT2D eigenvalue weighted by Gasteiger charge is 2.53. The lowest BCUT2D eigenvalue weighted by Gasteiger charge is -2.34. The van der Waals surface area contributed by atoms with E-state index in [-0.39, 0.29) is 11.5 Å². The van der Waals surface area contributed by atoms with Gasteiger partial charge in [-0.15, -0.1) is 0 Å². The van der Waals surface area contributed by atoms with Crippen molar-refractivity contribution in [3.05, 3.63) is 0 Å². The second-order valence-corrected chi connectivity index (χ2v) is 3.16. The van der Waals surface area contributed by atoms with E-state index >= 15 is 0 Å². The zero-order chi connectivity index (χ0) is 6.48. The van der Waals surface area contributed by atoms with Crippen molar-refractivity contribution in [1.82, 2.24) is 0 Å². The number of carbonyl (C=O) groups is 1. The second-order valence-electron chi connectivity index (χ2n) is 3.16. The summed E-state index contributed by atoms with van der Waals surface area (Å²) in [4.78, 5) is 11.0. The third kappa shape index (κ3) is 0.568. The van der Waals surface area contributed by atoms with E-state index < -0.39 is 0 Å². The maximum absolute atomic E-state index is 11.0. The van der Waals surface area contributed by atoms with Gasteiger partial charge in [-0.2, -0.15) is 0 Å². The molecule has 0 aromatic heterocycles. The summed E-state index contributed by atoms with van der Waals surface area (Å²) in [5.41, 5.74) is -0.0694. The molecular weight excluding hydrogens is 116 g/mol. The average molecular weight is 126 g/mol. The van der Waals surface area contributed by atoms with Gasteiger partial charge >= 0.3 is 0 Å². The van der Waals surface area contributed by atoms with Crippen LogP contribution in [0.5, 0.6) is 0 Å². The number of Topliss-reactive ketones (excluding diaryl/α,β-unsaturated/α-hetero) is 1. The van der Waals surface area contributed by atoms with E-state index in [9.17, 15) is 4.79 Å². The summed E-state index contributed by atoms with van der Waals surface area (Å²) >= 11 is 0. The lowest BCUT2D eigenvalue weighted by atomic mass is 9.67. The van der Waals surface area contributed by atoms with Crippen molar-refractivity contribution in [1.29, 1.82) is 0 Å². The molecule has 2 aliphatic rings. The molecule has 2 heteroatoms. The summed E-state index contributed by atoms with van der Waals surface area (Å²) in [5, 5.41) is 0. The van der Waals surface area contributed by atoms with E-state index in [0.717, 1.165) is 19.4 Å². The summed E-state index contributed by atoms with van der Waals surface area (Å²) in [5.74, 6) is 0.394. The highest BCUT2D eigenvalue weighted by Crippen LogP contribution is 2.45. The number of rotatable bonds is 1. The van der Waals surface area contributed by atoms with Gasteiger partial charge < -0.3 is 4.74 Å². The molecule has 2 rings (SSSR count). The Balaban J connectivity index is 2.13. The number of ketones is 1. The Hall–Kier alpha value is -0.370. The lowest BCUT2D eigenvalue weighted by molar-refractivity contribution is -0.138. The van der Waals surface area contributed by atoms with E-state index in [2.05, 4.69) is 0 Å². The summed E-state index contributed by atoms with van der Waals surface area (Å²) in [6.07, 6.45) is 2.09. The largest absolute Gasteiger partial charge is 0.372 e. The molecule has 50 valence electrons. The van der Waals surface area contributed by atoms with Gasteiger partial charge in [0.15, 0.2) is 0 Å². The summed E-state index contributed by atoms with van der Waals surface area (Å²) in [6, 6.07) is 0. The van der Waals surface area contributed by atoms with Crippen molar-refractivity contribution in [2.24, 2.45) is 5.41 Å². The van der Waals surface area contributed by atoms with Crippen molar-refractivity contribution >= 4 is 5.78 Å². The van der Waals surface area contributed by atoms with Crippen molar-refractivity contribution in [2.45, 2.75) is 25.9 Å². The Morgan fingerprint density at radius 2 is 2.44 bits per heavy atom. The van der Waals surface area contributed by atoms with Crippen LogP contribution in [-0.4, -0.2) is 18.5 Å². The maximum atomic E-state index is 11.0. The first-order valence-corrected chi connectivity index (χ1v) is 3.38. The molecule has 1 aliphatic heterocycles. The van der Waals surface area contributed by atoms with Crippen LogP contribution in [0, 0.1) is 5.41 Å². The molecule has 9 heavy (non-hydrogen) atoms. The van der Waals surface area contributed by atoms with Crippen LogP contribution in [0.3, 0.4) is 0 Å². The molecule has 0 spiro atoms. The number of ether oxygens (including phenoxy) is 1. The first kappa shape index (κ1) is 5.42. The zero-order valence-corrected chi connectivity index (χ0v) is 5.52.